The number of ether oxygens (including phenoxy) is 3. The van der Waals surface area contributed by atoms with Gasteiger partial charge in [0.1, 0.15) is 0 Å². The second-order valence-corrected chi connectivity index (χ2v) is 8.99. The normalized spacial score (nSPS) is 21.5. The van der Waals surface area contributed by atoms with E-state index in [1.54, 1.807) is 4.68 Å². The number of aliphatic hydroxyl groups excluding tert-OH is 1. The Balaban J connectivity index is 1.44. The van der Waals surface area contributed by atoms with Crippen LogP contribution >= 0.6 is 0 Å². The lowest BCUT2D eigenvalue weighted by Gasteiger charge is -2.28. The Labute approximate surface area is 202 Å². The highest BCUT2D eigenvalue weighted by atomic mass is 16.5. The summed E-state index contributed by atoms with van der Waals surface area (Å²) in [4.78, 5) is 0. The molecule has 4 aromatic rings. The van der Waals surface area contributed by atoms with Gasteiger partial charge < -0.3 is 19.3 Å². The highest BCUT2D eigenvalue weighted by Gasteiger charge is 2.29. The zero-order chi connectivity index (χ0) is 23.9. The summed E-state index contributed by atoms with van der Waals surface area (Å²) in [5, 5.41) is 28.3. The molecule has 0 amide bonds. The minimum Gasteiger partial charge on any atom is -0.477 e. The van der Waals surface area contributed by atoms with Gasteiger partial charge in [-0.2, -0.15) is 10.2 Å². The van der Waals surface area contributed by atoms with Gasteiger partial charge in [-0.15, -0.1) is 5.10 Å². The van der Waals surface area contributed by atoms with Crippen molar-refractivity contribution in [2.24, 2.45) is 7.05 Å². The van der Waals surface area contributed by atoms with E-state index in [2.05, 4.69) is 21.4 Å². The molecule has 182 valence electrons. The minimum absolute atomic E-state index is 0.152. The van der Waals surface area contributed by atoms with E-state index in [0.29, 0.717) is 51.0 Å². The van der Waals surface area contributed by atoms with E-state index in [1.807, 2.05) is 49.1 Å². The number of aryl methyl sites for hydroxylation is 1. The molecule has 2 aliphatic heterocycles. The lowest BCUT2D eigenvalue weighted by Crippen LogP contribution is -2.35. The zero-order valence-electron chi connectivity index (χ0n) is 19.8. The first kappa shape index (κ1) is 21.9. The van der Waals surface area contributed by atoms with E-state index in [0.717, 1.165) is 39.0 Å². The third-order valence-corrected chi connectivity index (χ3v) is 6.73. The van der Waals surface area contributed by atoms with Crippen molar-refractivity contribution in [1.82, 2.24) is 29.8 Å². The fraction of sp³-hybridized carbons (Fsp3) is 0.400. The fourth-order valence-corrected chi connectivity index (χ4v) is 4.81. The zero-order valence-corrected chi connectivity index (χ0v) is 19.8. The molecule has 6 rings (SSSR count). The van der Waals surface area contributed by atoms with Crippen LogP contribution in [-0.2, 0) is 11.8 Å². The first-order valence-electron chi connectivity index (χ1n) is 11.9. The Morgan fingerprint density at radius 3 is 2.91 bits per heavy atom. The molecule has 0 aliphatic carbocycles. The SMILES string of the molecule is Cc1c2c(nn1[C@H]1CCOC[C@@H]1O)OCCCOc1c(cnn1C)-c1ccc3n[nH]c(c3c1)/C=C/2. The summed E-state index contributed by atoms with van der Waals surface area (Å²) < 4.78 is 21.3. The standard InChI is InChI=1S/C25H28N6O4/c1-15-17-5-7-21-18-12-16(4-6-20(18)27-28-21)19-13-26-30(2)25(19)35-10-3-9-34-24(17)29-31(15)22-8-11-33-14-23(22)32/h4-7,12-13,22-23,32H,3,8-11,14H2,1-2H3,(H,27,28)/b7-5+/t22-,23-/m0/s1. The number of benzene rings is 1. The molecule has 10 nitrogen and oxygen atoms in total. The molecule has 2 atom stereocenters. The molecule has 3 aromatic heterocycles. The predicted molar refractivity (Wildman–Crippen MR) is 130 cm³/mol. The van der Waals surface area contributed by atoms with Crippen molar-refractivity contribution in [3.63, 3.8) is 0 Å². The van der Waals surface area contributed by atoms with Crippen molar-refractivity contribution in [1.29, 1.82) is 0 Å². The van der Waals surface area contributed by atoms with Gasteiger partial charge in [-0.05, 0) is 43.2 Å². The molecule has 2 N–H and O–H groups in total. The smallest absolute Gasteiger partial charge is 0.240 e. The predicted octanol–water partition coefficient (Wildman–Crippen LogP) is 3.12. The van der Waals surface area contributed by atoms with Gasteiger partial charge in [0.25, 0.3) is 0 Å². The summed E-state index contributed by atoms with van der Waals surface area (Å²) in [6, 6.07) is 5.99. The summed E-state index contributed by atoms with van der Waals surface area (Å²) >= 11 is 0. The van der Waals surface area contributed by atoms with Gasteiger partial charge in [0.05, 0.1) is 60.5 Å². The molecular formula is C25H28N6O4. The first-order chi connectivity index (χ1) is 17.1. The monoisotopic (exact) mass is 476 g/mol. The minimum atomic E-state index is -0.610. The average Bonchev–Trinajstić information content (AvgIpc) is 3.53. The van der Waals surface area contributed by atoms with E-state index >= 15 is 0 Å². The lowest BCUT2D eigenvalue weighted by atomic mass is 10.0. The Kier molecular flexibility index (Phi) is 5.54. The maximum atomic E-state index is 10.5. The van der Waals surface area contributed by atoms with Crippen LogP contribution in [0.5, 0.6) is 11.8 Å². The Hall–Kier alpha value is -3.63. The largest absolute Gasteiger partial charge is 0.477 e. The molecule has 0 saturated carbocycles. The van der Waals surface area contributed by atoms with Crippen LogP contribution < -0.4 is 9.47 Å². The number of rotatable bonds is 1. The summed E-state index contributed by atoms with van der Waals surface area (Å²) in [5.74, 6) is 1.26. The van der Waals surface area contributed by atoms with Crippen molar-refractivity contribution >= 4 is 23.1 Å². The van der Waals surface area contributed by atoms with E-state index in [9.17, 15) is 5.11 Å². The van der Waals surface area contributed by atoms with Crippen molar-refractivity contribution in [3.8, 4) is 22.9 Å². The van der Waals surface area contributed by atoms with Crippen LogP contribution in [0, 0.1) is 6.92 Å². The van der Waals surface area contributed by atoms with Crippen molar-refractivity contribution in [3.05, 3.63) is 41.3 Å². The van der Waals surface area contributed by atoms with E-state index in [4.69, 9.17) is 19.3 Å². The van der Waals surface area contributed by atoms with E-state index in [-0.39, 0.29) is 6.04 Å². The molecule has 1 saturated heterocycles. The molecule has 35 heavy (non-hydrogen) atoms. The number of fused-ring (bicyclic) bond motifs is 4. The number of aliphatic hydroxyl groups is 1. The summed E-state index contributed by atoms with van der Waals surface area (Å²) in [5.41, 5.74) is 5.52. The van der Waals surface area contributed by atoms with Gasteiger partial charge in [-0.1, -0.05) is 6.07 Å². The quantitative estimate of drug-likeness (QED) is 0.434. The molecule has 0 radical (unpaired) electrons. The van der Waals surface area contributed by atoms with Gasteiger partial charge >= 0.3 is 0 Å². The van der Waals surface area contributed by atoms with Crippen molar-refractivity contribution in [2.75, 3.05) is 26.4 Å². The van der Waals surface area contributed by atoms with Crippen LogP contribution in [0.3, 0.4) is 0 Å². The number of nitrogens with zero attached hydrogens (tertiary/aromatic N) is 5. The molecule has 0 spiro atoms. The van der Waals surface area contributed by atoms with Crippen LogP contribution in [0.15, 0.2) is 24.4 Å². The molecular weight excluding hydrogens is 448 g/mol. The van der Waals surface area contributed by atoms with E-state index in [1.165, 1.54) is 0 Å². The van der Waals surface area contributed by atoms with Crippen LogP contribution in [0.4, 0.5) is 0 Å². The molecule has 2 aliphatic rings. The molecule has 0 unspecified atom stereocenters. The van der Waals surface area contributed by atoms with Gasteiger partial charge in [0.2, 0.25) is 11.8 Å². The van der Waals surface area contributed by atoms with Crippen LogP contribution in [0.25, 0.3) is 34.2 Å². The van der Waals surface area contributed by atoms with Crippen molar-refractivity contribution < 1.29 is 19.3 Å². The van der Waals surface area contributed by atoms with Crippen LogP contribution in [-0.4, -0.2) is 67.4 Å². The summed E-state index contributed by atoms with van der Waals surface area (Å²) in [6.07, 6.45) is 6.60. The Morgan fingerprint density at radius 1 is 1.14 bits per heavy atom. The molecule has 1 fully saturated rings. The number of hydrogen-bond acceptors (Lipinski definition) is 7. The third kappa shape index (κ3) is 3.88. The highest BCUT2D eigenvalue weighted by molar-refractivity contribution is 5.93. The van der Waals surface area contributed by atoms with E-state index < -0.39 is 6.10 Å². The second kappa shape index (κ2) is 8.86. The number of nitrogens with one attached hydrogen (secondary N) is 1. The number of aromatic nitrogens is 6. The number of H-pyrrole nitrogens is 1. The maximum Gasteiger partial charge on any atom is 0.240 e. The lowest BCUT2D eigenvalue weighted by molar-refractivity contribution is -0.0424. The van der Waals surface area contributed by atoms with Gasteiger partial charge in [-0.3, -0.25) is 9.78 Å². The highest BCUT2D eigenvalue weighted by Crippen LogP contribution is 2.34. The molecule has 1 aromatic carbocycles. The summed E-state index contributed by atoms with van der Waals surface area (Å²) in [7, 11) is 1.88. The van der Waals surface area contributed by atoms with Gasteiger partial charge in [0, 0.05) is 31.2 Å². The number of aromatic amines is 1. The van der Waals surface area contributed by atoms with Gasteiger partial charge in [0.15, 0.2) is 0 Å². The number of hydrogen-bond donors (Lipinski definition) is 2. The van der Waals surface area contributed by atoms with Gasteiger partial charge in [-0.25, -0.2) is 4.68 Å². The molecule has 10 heteroatoms. The molecule has 5 heterocycles. The third-order valence-electron chi connectivity index (χ3n) is 6.73. The average molecular weight is 477 g/mol. The molecule has 2 bridgehead atoms. The summed E-state index contributed by atoms with van der Waals surface area (Å²) in [6.45, 7) is 3.84. The maximum absolute atomic E-state index is 10.5. The van der Waals surface area contributed by atoms with Crippen LogP contribution in [0.1, 0.15) is 35.8 Å². The van der Waals surface area contributed by atoms with Crippen molar-refractivity contribution in [2.45, 2.75) is 31.9 Å². The Morgan fingerprint density at radius 2 is 2.03 bits per heavy atom. The first-order valence-corrected chi connectivity index (χ1v) is 11.9. The van der Waals surface area contributed by atoms with Crippen LogP contribution in [0.2, 0.25) is 0 Å². The Bertz CT molecular complexity index is 1400. The topological polar surface area (TPSA) is 112 Å². The second-order valence-electron chi connectivity index (χ2n) is 8.99. The fourth-order valence-electron chi connectivity index (χ4n) is 4.81.